The number of rotatable bonds is 5. The van der Waals surface area contributed by atoms with Gasteiger partial charge in [0.05, 0.1) is 12.2 Å². The number of thioether (sulfide) groups is 1. The average molecular weight is 325 g/mol. The minimum atomic E-state index is -0.689. The Labute approximate surface area is 134 Å². The quantitative estimate of drug-likeness (QED) is 0.629. The molecule has 0 radical (unpaired) electrons. The van der Waals surface area contributed by atoms with Crippen molar-refractivity contribution in [3.8, 4) is 5.75 Å². The Morgan fingerprint density at radius 2 is 2.33 bits per heavy atom. The Morgan fingerprint density at radius 3 is 3.05 bits per heavy atom. The number of carbonyl (C=O) groups excluding carboxylic acids is 1. The molecule has 1 unspecified atom stereocenters. The predicted octanol–water partition coefficient (Wildman–Crippen LogP) is 1.37. The van der Waals surface area contributed by atoms with Gasteiger partial charge < -0.3 is 20.7 Å². The van der Waals surface area contributed by atoms with Crippen LogP contribution in [0.5, 0.6) is 5.75 Å². The van der Waals surface area contributed by atoms with Crippen LogP contribution in [0, 0.1) is 0 Å². The SMILES string of the molecule is CSCCCNC(=S)N1CC(C(N)=O)Oc2ccccc21. The lowest BCUT2D eigenvalue weighted by atomic mass is 10.2. The van der Waals surface area contributed by atoms with Crippen molar-refractivity contribution in [2.45, 2.75) is 12.5 Å². The summed E-state index contributed by atoms with van der Waals surface area (Å²) in [7, 11) is 0. The van der Waals surface area contributed by atoms with E-state index >= 15 is 0 Å². The summed E-state index contributed by atoms with van der Waals surface area (Å²) >= 11 is 7.24. The van der Waals surface area contributed by atoms with Gasteiger partial charge in [-0.3, -0.25) is 4.79 Å². The van der Waals surface area contributed by atoms with Gasteiger partial charge in [-0.2, -0.15) is 11.8 Å². The number of benzene rings is 1. The highest BCUT2D eigenvalue weighted by Crippen LogP contribution is 2.33. The second kappa shape index (κ2) is 7.51. The summed E-state index contributed by atoms with van der Waals surface area (Å²) in [6.07, 6.45) is 2.42. The largest absolute Gasteiger partial charge is 0.477 e. The molecule has 0 aliphatic carbocycles. The number of nitrogens with two attached hydrogens (primary N) is 1. The van der Waals surface area contributed by atoms with E-state index in [2.05, 4.69) is 11.6 Å². The molecule has 3 N–H and O–H groups in total. The van der Waals surface area contributed by atoms with Gasteiger partial charge in [-0.1, -0.05) is 12.1 Å². The van der Waals surface area contributed by atoms with Crippen molar-refractivity contribution >= 4 is 40.7 Å². The van der Waals surface area contributed by atoms with Crippen molar-refractivity contribution in [2.24, 2.45) is 5.73 Å². The first-order valence-corrected chi connectivity index (χ1v) is 8.53. The summed E-state index contributed by atoms with van der Waals surface area (Å²) in [5.74, 6) is 1.22. The Bertz CT molecular complexity index is 525. The molecule has 5 nitrogen and oxygen atoms in total. The highest BCUT2D eigenvalue weighted by molar-refractivity contribution is 7.98. The van der Waals surface area contributed by atoms with Crippen LogP contribution in [0.4, 0.5) is 5.69 Å². The van der Waals surface area contributed by atoms with Crippen LogP contribution in [0.3, 0.4) is 0 Å². The fourth-order valence-electron chi connectivity index (χ4n) is 2.08. The zero-order valence-corrected chi connectivity index (χ0v) is 13.5. The summed E-state index contributed by atoms with van der Waals surface area (Å²) in [5.41, 5.74) is 6.23. The number of ether oxygens (including phenoxy) is 1. The van der Waals surface area contributed by atoms with Crippen LogP contribution < -0.4 is 20.7 Å². The molecule has 0 fully saturated rings. The van der Waals surface area contributed by atoms with Gasteiger partial charge in [0.25, 0.3) is 5.91 Å². The Morgan fingerprint density at radius 1 is 1.57 bits per heavy atom. The van der Waals surface area contributed by atoms with E-state index in [0.717, 1.165) is 24.4 Å². The van der Waals surface area contributed by atoms with Crippen molar-refractivity contribution in [1.29, 1.82) is 0 Å². The van der Waals surface area contributed by atoms with Crippen molar-refractivity contribution in [2.75, 3.05) is 30.0 Å². The van der Waals surface area contributed by atoms with Crippen molar-refractivity contribution < 1.29 is 9.53 Å². The molecule has 2 rings (SSSR count). The number of fused-ring (bicyclic) bond motifs is 1. The standard InChI is InChI=1S/C14H19N3O2S2/c1-21-8-4-7-16-14(20)17-9-12(13(15)18)19-11-6-3-2-5-10(11)17/h2-3,5-6,12H,4,7-9H2,1H3,(H2,15,18)(H,16,20). The highest BCUT2D eigenvalue weighted by atomic mass is 32.2. The molecule has 0 spiro atoms. The lowest BCUT2D eigenvalue weighted by Gasteiger charge is -2.35. The maximum absolute atomic E-state index is 11.4. The van der Waals surface area contributed by atoms with Gasteiger partial charge >= 0.3 is 0 Å². The van der Waals surface area contributed by atoms with Crippen molar-refractivity contribution in [3.63, 3.8) is 0 Å². The Balaban J connectivity index is 2.09. The third kappa shape index (κ3) is 4.01. The van der Waals surface area contributed by atoms with Gasteiger partial charge in [0.2, 0.25) is 0 Å². The van der Waals surface area contributed by atoms with Gasteiger partial charge in [0.1, 0.15) is 5.75 Å². The molecule has 1 aliphatic heterocycles. The van der Waals surface area contributed by atoms with Gasteiger partial charge in [-0.25, -0.2) is 0 Å². The number of carbonyl (C=O) groups is 1. The predicted molar refractivity (Wildman–Crippen MR) is 91.0 cm³/mol. The number of nitrogens with one attached hydrogen (secondary N) is 1. The summed E-state index contributed by atoms with van der Waals surface area (Å²) in [5, 5.41) is 3.82. The number of primary amides is 1. The van der Waals surface area contributed by atoms with Crippen LogP contribution in [0.2, 0.25) is 0 Å². The average Bonchev–Trinajstić information content (AvgIpc) is 2.50. The summed E-state index contributed by atoms with van der Waals surface area (Å²) in [6, 6.07) is 7.50. The molecule has 0 bridgehead atoms. The van der Waals surface area contributed by atoms with Crippen molar-refractivity contribution in [3.05, 3.63) is 24.3 Å². The van der Waals surface area contributed by atoms with Crippen LogP contribution in [-0.2, 0) is 4.79 Å². The smallest absolute Gasteiger partial charge is 0.260 e. The second-order valence-corrected chi connectivity index (χ2v) is 6.04. The Kier molecular flexibility index (Phi) is 5.69. The Hall–Kier alpha value is -1.47. The third-order valence-electron chi connectivity index (χ3n) is 3.14. The zero-order chi connectivity index (χ0) is 15.2. The fourth-order valence-corrected chi connectivity index (χ4v) is 2.79. The molecule has 1 aromatic rings. The first kappa shape index (κ1) is 15.9. The maximum atomic E-state index is 11.4. The molecule has 1 atom stereocenters. The summed E-state index contributed by atoms with van der Waals surface area (Å²) in [4.78, 5) is 13.3. The maximum Gasteiger partial charge on any atom is 0.260 e. The van der Waals surface area contributed by atoms with E-state index in [-0.39, 0.29) is 0 Å². The molecule has 21 heavy (non-hydrogen) atoms. The van der Waals surface area contributed by atoms with E-state index in [1.165, 1.54) is 0 Å². The third-order valence-corrected chi connectivity index (χ3v) is 4.20. The monoisotopic (exact) mass is 325 g/mol. The first-order valence-electron chi connectivity index (χ1n) is 6.72. The van der Waals surface area contributed by atoms with E-state index in [4.69, 9.17) is 22.7 Å². The molecule has 0 saturated carbocycles. The number of anilines is 1. The topological polar surface area (TPSA) is 67.6 Å². The van der Waals surface area contributed by atoms with Crippen LogP contribution in [0.15, 0.2) is 24.3 Å². The minimum Gasteiger partial charge on any atom is -0.477 e. The molecule has 1 amide bonds. The van der Waals surface area contributed by atoms with Crippen LogP contribution in [0.1, 0.15) is 6.42 Å². The molecule has 0 aromatic heterocycles. The number of para-hydroxylation sites is 2. The van der Waals surface area contributed by atoms with E-state index in [0.29, 0.717) is 17.4 Å². The zero-order valence-electron chi connectivity index (χ0n) is 11.9. The normalized spacial score (nSPS) is 16.8. The van der Waals surface area contributed by atoms with Crippen molar-refractivity contribution in [1.82, 2.24) is 5.32 Å². The minimum absolute atomic E-state index is 0.334. The molecule has 1 aromatic carbocycles. The fraction of sp³-hybridized carbons (Fsp3) is 0.429. The van der Waals surface area contributed by atoms with E-state index < -0.39 is 12.0 Å². The molecule has 7 heteroatoms. The molecule has 1 heterocycles. The lowest BCUT2D eigenvalue weighted by molar-refractivity contribution is -0.124. The number of hydrogen-bond acceptors (Lipinski definition) is 4. The highest BCUT2D eigenvalue weighted by Gasteiger charge is 2.30. The number of thiocarbonyl (C=S) groups is 1. The summed E-state index contributed by atoms with van der Waals surface area (Å²) in [6.45, 7) is 1.14. The van der Waals surface area contributed by atoms with Gasteiger partial charge in [0, 0.05) is 6.54 Å². The van der Waals surface area contributed by atoms with Crippen LogP contribution in [0.25, 0.3) is 0 Å². The van der Waals surface area contributed by atoms with E-state index in [1.807, 2.05) is 29.2 Å². The molecular formula is C14H19N3O2S2. The number of nitrogens with zero attached hydrogens (tertiary/aromatic N) is 1. The first-order chi connectivity index (χ1) is 10.1. The molecule has 0 saturated heterocycles. The van der Waals surface area contributed by atoms with Gasteiger partial charge in [0.15, 0.2) is 11.2 Å². The molecule has 1 aliphatic rings. The van der Waals surface area contributed by atoms with Crippen LogP contribution >= 0.6 is 24.0 Å². The van der Waals surface area contributed by atoms with E-state index in [1.54, 1.807) is 11.8 Å². The van der Waals surface area contributed by atoms with E-state index in [9.17, 15) is 4.79 Å². The van der Waals surface area contributed by atoms with Gasteiger partial charge in [-0.05, 0) is 42.8 Å². The van der Waals surface area contributed by atoms with Gasteiger partial charge in [-0.15, -0.1) is 0 Å². The summed E-state index contributed by atoms with van der Waals surface area (Å²) < 4.78 is 5.61. The second-order valence-electron chi connectivity index (χ2n) is 4.67. The molecule has 114 valence electrons. The number of amides is 1. The molecular weight excluding hydrogens is 306 g/mol. The lowest BCUT2D eigenvalue weighted by Crippen LogP contribution is -2.52. The number of hydrogen-bond donors (Lipinski definition) is 2. The van der Waals surface area contributed by atoms with Crippen LogP contribution in [-0.4, -0.2) is 42.2 Å².